The Bertz CT molecular complexity index is 1160. The van der Waals surface area contributed by atoms with Gasteiger partial charge in [0.2, 0.25) is 0 Å². The molecule has 0 saturated carbocycles. The summed E-state index contributed by atoms with van der Waals surface area (Å²) in [5.41, 5.74) is 1.44. The molecule has 160 valence electrons. The van der Waals surface area contributed by atoms with E-state index in [0.717, 1.165) is 5.69 Å². The first-order chi connectivity index (χ1) is 14.9. The Hall–Kier alpha value is -3.46. The molecule has 1 aliphatic rings. The molecule has 0 spiro atoms. The van der Waals surface area contributed by atoms with Crippen molar-refractivity contribution < 1.29 is 17.6 Å². The smallest absolute Gasteiger partial charge is 0.261 e. The summed E-state index contributed by atoms with van der Waals surface area (Å²) >= 11 is 0. The molecule has 2 aromatic carbocycles. The zero-order chi connectivity index (χ0) is 21.8. The van der Waals surface area contributed by atoms with Crippen LogP contribution in [0.3, 0.4) is 0 Å². The molecule has 0 atom stereocenters. The summed E-state index contributed by atoms with van der Waals surface area (Å²) < 4.78 is 40.6. The second-order valence-electron chi connectivity index (χ2n) is 7.14. The number of anilines is 2. The van der Waals surface area contributed by atoms with E-state index in [1.165, 1.54) is 42.7 Å². The van der Waals surface area contributed by atoms with Crippen LogP contribution in [0, 0.1) is 5.82 Å². The Morgan fingerprint density at radius 2 is 1.61 bits per heavy atom. The van der Waals surface area contributed by atoms with Crippen molar-refractivity contribution in [2.75, 3.05) is 35.8 Å². The quantitative estimate of drug-likeness (QED) is 0.660. The summed E-state index contributed by atoms with van der Waals surface area (Å²) in [6.45, 7) is 2.22. The Morgan fingerprint density at radius 3 is 2.29 bits per heavy atom. The monoisotopic (exact) mass is 440 g/mol. The highest BCUT2D eigenvalue weighted by molar-refractivity contribution is 7.92. The van der Waals surface area contributed by atoms with Crippen molar-refractivity contribution >= 4 is 27.3 Å². The average Bonchev–Trinajstić information content (AvgIpc) is 2.80. The molecule has 9 heteroatoms. The maximum Gasteiger partial charge on any atom is 0.261 e. The van der Waals surface area contributed by atoms with Crippen LogP contribution in [0.15, 0.2) is 78.0 Å². The lowest BCUT2D eigenvalue weighted by Gasteiger charge is -2.36. The molecule has 0 unspecified atom stereocenters. The van der Waals surface area contributed by atoms with Crippen molar-refractivity contribution in [1.82, 2.24) is 9.88 Å². The molecule has 3 aromatic rings. The second kappa shape index (κ2) is 8.73. The van der Waals surface area contributed by atoms with Crippen LogP contribution in [0.2, 0.25) is 0 Å². The van der Waals surface area contributed by atoms with E-state index in [2.05, 4.69) is 14.6 Å². The lowest BCUT2D eigenvalue weighted by Crippen LogP contribution is -2.48. The Kier molecular flexibility index (Phi) is 5.85. The number of sulfonamides is 1. The number of halogens is 1. The van der Waals surface area contributed by atoms with Gasteiger partial charge in [-0.3, -0.25) is 14.5 Å². The fourth-order valence-corrected chi connectivity index (χ4v) is 4.48. The van der Waals surface area contributed by atoms with Crippen LogP contribution in [0.4, 0.5) is 15.8 Å². The molecule has 1 aliphatic heterocycles. The minimum absolute atomic E-state index is 0.128. The van der Waals surface area contributed by atoms with Gasteiger partial charge < -0.3 is 9.80 Å². The van der Waals surface area contributed by atoms with Crippen LogP contribution < -0.4 is 9.62 Å². The minimum Gasteiger partial charge on any atom is -0.368 e. The molecule has 7 nitrogen and oxygen atoms in total. The van der Waals surface area contributed by atoms with Gasteiger partial charge >= 0.3 is 0 Å². The fourth-order valence-electron chi connectivity index (χ4n) is 3.43. The molecule has 1 amide bonds. The number of nitrogens with zero attached hydrogens (tertiary/aromatic N) is 3. The number of carbonyl (C=O) groups excluding carboxylic acids is 1. The minimum atomic E-state index is -3.77. The van der Waals surface area contributed by atoms with Crippen LogP contribution >= 0.6 is 0 Å². The van der Waals surface area contributed by atoms with E-state index in [9.17, 15) is 17.6 Å². The zero-order valence-corrected chi connectivity index (χ0v) is 17.4. The number of piperazine rings is 1. The molecule has 1 aromatic heterocycles. The third-order valence-corrected chi connectivity index (χ3v) is 6.45. The highest BCUT2D eigenvalue weighted by atomic mass is 32.2. The number of hydrogen-bond acceptors (Lipinski definition) is 5. The Balaban J connectivity index is 1.42. The van der Waals surface area contributed by atoms with Gasteiger partial charge in [0.25, 0.3) is 15.9 Å². The summed E-state index contributed by atoms with van der Waals surface area (Å²) in [7, 11) is -3.77. The van der Waals surface area contributed by atoms with Gasteiger partial charge in [0.1, 0.15) is 5.82 Å². The summed E-state index contributed by atoms with van der Waals surface area (Å²) in [6, 6.07) is 15.8. The van der Waals surface area contributed by atoms with Crippen molar-refractivity contribution in [3.8, 4) is 0 Å². The molecular weight excluding hydrogens is 419 g/mol. The van der Waals surface area contributed by atoms with E-state index < -0.39 is 10.0 Å². The van der Waals surface area contributed by atoms with Gasteiger partial charge in [-0.1, -0.05) is 18.2 Å². The van der Waals surface area contributed by atoms with Crippen molar-refractivity contribution in [2.24, 2.45) is 0 Å². The number of amides is 1. The van der Waals surface area contributed by atoms with E-state index in [4.69, 9.17) is 0 Å². The number of nitrogens with one attached hydrogen (secondary N) is 1. The Morgan fingerprint density at radius 1 is 0.935 bits per heavy atom. The topological polar surface area (TPSA) is 82.6 Å². The van der Waals surface area contributed by atoms with E-state index in [1.54, 1.807) is 35.2 Å². The first-order valence-electron chi connectivity index (χ1n) is 9.75. The SMILES string of the molecule is O=C(c1cncc(NS(=O)(=O)c2ccccc2)c1)N1CCN(c2ccc(F)cc2)CC1. The zero-order valence-electron chi connectivity index (χ0n) is 16.6. The van der Waals surface area contributed by atoms with Gasteiger partial charge in [-0.15, -0.1) is 0 Å². The predicted octanol–water partition coefficient (Wildman–Crippen LogP) is 2.98. The van der Waals surface area contributed by atoms with Gasteiger partial charge in [0, 0.05) is 38.1 Å². The van der Waals surface area contributed by atoms with Crippen LogP contribution in [0.5, 0.6) is 0 Å². The maximum absolute atomic E-state index is 13.1. The summed E-state index contributed by atoms with van der Waals surface area (Å²) in [5, 5.41) is 0. The van der Waals surface area contributed by atoms with Crippen molar-refractivity contribution in [3.63, 3.8) is 0 Å². The predicted molar refractivity (Wildman–Crippen MR) is 116 cm³/mol. The second-order valence-corrected chi connectivity index (χ2v) is 8.82. The van der Waals surface area contributed by atoms with E-state index in [1.807, 2.05) is 0 Å². The summed E-state index contributed by atoms with van der Waals surface area (Å²) in [5.74, 6) is -0.500. The molecule has 1 saturated heterocycles. The number of benzene rings is 2. The van der Waals surface area contributed by atoms with Crippen molar-refractivity contribution in [1.29, 1.82) is 0 Å². The van der Waals surface area contributed by atoms with Gasteiger partial charge in [-0.2, -0.15) is 0 Å². The molecule has 0 aliphatic carbocycles. The van der Waals surface area contributed by atoms with Crippen LogP contribution in [0.25, 0.3) is 0 Å². The van der Waals surface area contributed by atoms with Crippen molar-refractivity contribution in [2.45, 2.75) is 4.90 Å². The summed E-state index contributed by atoms with van der Waals surface area (Å²) in [4.78, 5) is 20.9. The highest BCUT2D eigenvalue weighted by Gasteiger charge is 2.23. The number of pyridine rings is 1. The number of carbonyl (C=O) groups is 1. The van der Waals surface area contributed by atoms with E-state index >= 15 is 0 Å². The third kappa shape index (κ3) is 4.83. The standard InChI is InChI=1S/C22H21FN4O3S/c23-18-6-8-20(9-7-18)26-10-12-27(13-11-26)22(28)17-14-19(16-24-15-17)25-31(29,30)21-4-2-1-3-5-21/h1-9,14-16,25H,10-13H2. The molecule has 2 heterocycles. The normalized spacial score (nSPS) is 14.4. The average molecular weight is 441 g/mol. The first-order valence-corrected chi connectivity index (χ1v) is 11.2. The highest BCUT2D eigenvalue weighted by Crippen LogP contribution is 2.20. The van der Waals surface area contributed by atoms with Crippen molar-refractivity contribution in [3.05, 3.63) is 84.4 Å². The molecule has 1 N–H and O–H groups in total. The molecule has 4 rings (SSSR count). The van der Waals surface area contributed by atoms with Gasteiger partial charge in [-0.05, 0) is 42.5 Å². The molecule has 0 bridgehead atoms. The van der Waals surface area contributed by atoms with Gasteiger partial charge in [-0.25, -0.2) is 12.8 Å². The maximum atomic E-state index is 13.1. The Labute approximate surface area is 180 Å². The summed E-state index contributed by atoms with van der Waals surface area (Å²) in [6.07, 6.45) is 2.79. The third-order valence-electron chi connectivity index (χ3n) is 5.05. The lowest BCUT2D eigenvalue weighted by molar-refractivity contribution is 0.0746. The largest absolute Gasteiger partial charge is 0.368 e. The number of aromatic nitrogens is 1. The van der Waals surface area contributed by atoms with E-state index in [-0.39, 0.29) is 22.3 Å². The lowest BCUT2D eigenvalue weighted by atomic mass is 10.2. The first kappa shape index (κ1) is 20.8. The fraction of sp³-hybridized carbons (Fsp3) is 0.182. The molecule has 0 radical (unpaired) electrons. The molecule has 31 heavy (non-hydrogen) atoms. The van der Waals surface area contributed by atoms with E-state index in [0.29, 0.717) is 31.7 Å². The van der Waals surface area contributed by atoms with Crippen LogP contribution in [-0.4, -0.2) is 50.4 Å². The van der Waals surface area contributed by atoms with Crippen LogP contribution in [-0.2, 0) is 10.0 Å². The number of rotatable bonds is 5. The molecule has 1 fully saturated rings. The number of hydrogen-bond donors (Lipinski definition) is 1. The van der Waals surface area contributed by atoms with Gasteiger partial charge in [0.15, 0.2) is 0 Å². The van der Waals surface area contributed by atoms with Crippen LogP contribution in [0.1, 0.15) is 10.4 Å². The molecular formula is C22H21FN4O3S. The van der Waals surface area contributed by atoms with Gasteiger partial charge in [0.05, 0.1) is 22.3 Å².